The lowest BCUT2D eigenvalue weighted by Crippen LogP contribution is -2.36. The van der Waals surface area contributed by atoms with E-state index in [1.165, 1.54) is 26.2 Å². The molecule has 0 fully saturated rings. The van der Waals surface area contributed by atoms with Crippen molar-refractivity contribution >= 4 is 31.9 Å². The van der Waals surface area contributed by atoms with E-state index in [1.54, 1.807) is 0 Å². The fraction of sp³-hybridized carbons (Fsp3) is 0.353. The summed E-state index contributed by atoms with van der Waals surface area (Å²) in [6.07, 6.45) is 0. The minimum atomic E-state index is -3.70. The van der Waals surface area contributed by atoms with Gasteiger partial charge in [-0.25, -0.2) is 12.7 Å². The Morgan fingerprint density at radius 3 is 2.32 bits per heavy atom. The lowest BCUT2D eigenvalue weighted by molar-refractivity contribution is 0.0912. The van der Waals surface area contributed by atoms with Crippen molar-refractivity contribution < 1.29 is 17.6 Å². The first kappa shape index (κ1) is 19.7. The Hall–Kier alpha value is -1.64. The monoisotopic (exact) mass is 428 g/mol. The molecule has 25 heavy (non-hydrogen) atoms. The lowest BCUT2D eigenvalue weighted by Gasteiger charge is -2.25. The maximum Gasteiger partial charge on any atom is 0.287 e. The van der Waals surface area contributed by atoms with Gasteiger partial charge in [0.05, 0.1) is 0 Å². The van der Waals surface area contributed by atoms with Crippen LogP contribution in [0, 0.1) is 0 Å². The Morgan fingerprint density at radius 1 is 1.16 bits per heavy atom. The number of halogens is 1. The van der Waals surface area contributed by atoms with Gasteiger partial charge in [-0.3, -0.25) is 4.79 Å². The molecule has 0 saturated carbocycles. The van der Waals surface area contributed by atoms with Crippen LogP contribution in [0.15, 0.2) is 50.4 Å². The van der Waals surface area contributed by atoms with Gasteiger partial charge in [0.1, 0.15) is 0 Å². The van der Waals surface area contributed by atoms with Crippen LogP contribution in [-0.2, 0) is 15.4 Å². The predicted molar refractivity (Wildman–Crippen MR) is 99.1 cm³/mol. The molecule has 0 aliphatic carbocycles. The SMILES string of the molecule is CN(C)S(=O)(=O)c1ccc(C(=O)NCC(C)(C)c2ccc(Br)cc2)o1. The Labute approximate surface area is 156 Å². The van der Waals surface area contributed by atoms with Gasteiger partial charge in [-0.05, 0) is 29.8 Å². The summed E-state index contributed by atoms with van der Waals surface area (Å²) in [4.78, 5) is 12.3. The smallest absolute Gasteiger partial charge is 0.287 e. The van der Waals surface area contributed by atoms with E-state index < -0.39 is 15.9 Å². The van der Waals surface area contributed by atoms with Gasteiger partial charge in [0.2, 0.25) is 5.09 Å². The Balaban J connectivity index is 2.08. The van der Waals surface area contributed by atoms with Crippen LogP contribution in [0.5, 0.6) is 0 Å². The lowest BCUT2D eigenvalue weighted by atomic mass is 9.84. The van der Waals surface area contributed by atoms with E-state index in [-0.39, 0.29) is 16.3 Å². The molecule has 8 heteroatoms. The van der Waals surface area contributed by atoms with Gasteiger partial charge in [0.15, 0.2) is 5.76 Å². The van der Waals surface area contributed by atoms with Gasteiger partial charge in [0.25, 0.3) is 15.9 Å². The van der Waals surface area contributed by atoms with Crippen LogP contribution in [-0.4, -0.2) is 39.3 Å². The highest BCUT2D eigenvalue weighted by atomic mass is 79.9. The number of sulfonamides is 1. The summed E-state index contributed by atoms with van der Waals surface area (Å²) in [6.45, 7) is 4.41. The summed E-state index contributed by atoms with van der Waals surface area (Å²) >= 11 is 3.40. The van der Waals surface area contributed by atoms with Crippen molar-refractivity contribution in [1.82, 2.24) is 9.62 Å². The van der Waals surface area contributed by atoms with E-state index in [4.69, 9.17) is 4.42 Å². The van der Waals surface area contributed by atoms with Crippen molar-refractivity contribution in [2.24, 2.45) is 0 Å². The molecule has 136 valence electrons. The fourth-order valence-electron chi connectivity index (χ4n) is 2.15. The van der Waals surface area contributed by atoms with Crippen molar-refractivity contribution in [3.63, 3.8) is 0 Å². The third-order valence-electron chi connectivity index (χ3n) is 3.86. The minimum Gasteiger partial charge on any atom is -0.438 e. The van der Waals surface area contributed by atoms with Crippen LogP contribution in [0.1, 0.15) is 30.0 Å². The summed E-state index contributed by atoms with van der Waals surface area (Å²) in [5.74, 6) is -0.488. The van der Waals surface area contributed by atoms with Crippen molar-refractivity contribution in [2.45, 2.75) is 24.4 Å². The summed E-state index contributed by atoms with van der Waals surface area (Å²) in [7, 11) is -0.896. The third kappa shape index (κ3) is 4.50. The second kappa shape index (κ2) is 7.31. The van der Waals surface area contributed by atoms with E-state index in [2.05, 4.69) is 21.2 Å². The number of benzene rings is 1. The first-order valence-electron chi connectivity index (χ1n) is 7.60. The summed E-state index contributed by atoms with van der Waals surface area (Å²) in [5, 5.41) is 2.54. The minimum absolute atomic E-state index is 0.0352. The molecule has 0 bridgehead atoms. The quantitative estimate of drug-likeness (QED) is 0.766. The predicted octanol–water partition coefficient (Wildman–Crippen LogP) is 3.00. The summed E-state index contributed by atoms with van der Waals surface area (Å²) in [5.41, 5.74) is 0.785. The molecule has 0 radical (unpaired) electrons. The Bertz CT molecular complexity index is 855. The van der Waals surface area contributed by atoms with E-state index >= 15 is 0 Å². The maximum absolute atomic E-state index is 12.3. The van der Waals surface area contributed by atoms with Crippen molar-refractivity contribution in [3.8, 4) is 0 Å². The van der Waals surface area contributed by atoms with Crippen LogP contribution < -0.4 is 5.32 Å². The first-order chi connectivity index (χ1) is 11.5. The molecule has 1 N–H and O–H groups in total. The molecular weight excluding hydrogens is 408 g/mol. The molecule has 6 nitrogen and oxygen atoms in total. The number of rotatable bonds is 6. The summed E-state index contributed by atoms with van der Waals surface area (Å²) < 4.78 is 31.2. The molecule has 0 aliphatic rings. The van der Waals surface area contributed by atoms with Gasteiger partial charge >= 0.3 is 0 Å². The molecule has 1 aromatic heterocycles. The second-order valence-electron chi connectivity index (χ2n) is 6.48. The van der Waals surface area contributed by atoms with Crippen molar-refractivity contribution in [2.75, 3.05) is 20.6 Å². The number of furan rings is 1. The zero-order valence-corrected chi connectivity index (χ0v) is 16.9. The molecular formula is C17H21BrN2O4S. The fourth-order valence-corrected chi connectivity index (χ4v) is 3.21. The Morgan fingerprint density at radius 2 is 1.76 bits per heavy atom. The first-order valence-corrected chi connectivity index (χ1v) is 9.84. The van der Waals surface area contributed by atoms with Crippen LogP contribution in [0.4, 0.5) is 0 Å². The molecule has 0 aliphatic heterocycles. The van der Waals surface area contributed by atoms with Crippen molar-refractivity contribution in [3.05, 3.63) is 52.2 Å². The van der Waals surface area contributed by atoms with Gasteiger partial charge in [0, 0.05) is 30.5 Å². The number of hydrogen-bond donors (Lipinski definition) is 1. The standard InChI is InChI=1S/C17H21BrN2O4S/c1-17(2,12-5-7-13(18)8-6-12)11-19-16(21)14-9-10-15(24-14)25(22,23)20(3)4/h5-10H,11H2,1-4H3,(H,19,21). The van der Waals surface area contributed by atoms with Gasteiger partial charge in [-0.1, -0.05) is 41.9 Å². The highest BCUT2D eigenvalue weighted by Crippen LogP contribution is 2.24. The molecule has 0 unspecified atom stereocenters. The van der Waals surface area contributed by atoms with Gasteiger partial charge in [-0.15, -0.1) is 0 Å². The van der Waals surface area contributed by atoms with E-state index in [1.807, 2.05) is 38.1 Å². The number of carbonyl (C=O) groups is 1. The van der Waals surface area contributed by atoms with E-state index in [9.17, 15) is 13.2 Å². The van der Waals surface area contributed by atoms with E-state index in [0.29, 0.717) is 6.54 Å². The zero-order chi connectivity index (χ0) is 18.8. The number of carbonyl (C=O) groups excluding carboxylic acids is 1. The molecule has 0 saturated heterocycles. The number of hydrogen-bond acceptors (Lipinski definition) is 4. The largest absolute Gasteiger partial charge is 0.438 e. The Kier molecular flexibility index (Phi) is 5.75. The molecule has 2 aromatic rings. The van der Waals surface area contributed by atoms with Crippen LogP contribution in [0.3, 0.4) is 0 Å². The van der Waals surface area contributed by atoms with Crippen LogP contribution in [0.25, 0.3) is 0 Å². The maximum atomic E-state index is 12.3. The second-order valence-corrected chi connectivity index (χ2v) is 9.48. The molecule has 0 spiro atoms. The average molecular weight is 429 g/mol. The molecule has 1 amide bonds. The number of nitrogens with zero attached hydrogens (tertiary/aromatic N) is 1. The highest BCUT2D eigenvalue weighted by Gasteiger charge is 2.25. The molecule has 1 aromatic carbocycles. The highest BCUT2D eigenvalue weighted by molar-refractivity contribution is 9.10. The average Bonchev–Trinajstić information content (AvgIpc) is 3.03. The van der Waals surface area contributed by atoms with Crippen molar-refractivity contribution in [1.29, 1.82) is 0 Å². The van der Waals surface area contributed by atoms with E-state index in [0.717, 1.165) is 14.3 Å². The summed E-state index contributed by atoms with van der Waals surface area (Å²) in [6, 6.07) is 10.5. The van der Waals surface area contributed by atoms with Gasteiger partial charge in [-0.2, -0.15) is 0 Å². The topological polar surface area (TPSA) is 79.6 Å². The van der Waals surface area contributed by atoms with Crippen LogP contribution >= 0.6 is 15.9 Å². The molecule has 0 atom stereocenters. The third-order valence-corrected chi connectivity index (χ3v) is 6.07. The van der Waals surface area contributed by atoms with Crippen LogP contribution in [0.2, 0.25) is 0 Å². The van der Waals surface area contributed by atoms with Gasteiger partial charge < -0.3 is 9.73 Å². The normalized spacial score (nSPS) is 12.4. The molecule has 2 rings (SSSR count). The number of nitrogens with one attached hydrogen (secondary N) is 1. The molecule has 1 heterocycles. The number of amides is 1. The zero-order valence-electron chi connectivity index (χ0n) is 14.5.